The maximum Gasteiger partial charge on any atom is 0.246 e. The van der Waals surface area contributed by atoms with Crippen LogP contribution in [0.3, 0.4) is 0 Å². The molecule has 0 radical (unpaired) electrons. The highest BCUT2D eigenvalue weighted by Gasteiger charge is 2.41. The SMILES string of the molecule is C#CCC(CC)N1C(=O)C(CCC)NC(=O)C1CC. The van der Waals surface area contributed by atoms with Crippen molar-refractivity contribution in [3.05, 3.63) is 0 Å². The van der Waals surface area contributed by atoms with E-state index in [9.17, 15) is 9.59 Å². The van der Waals surface area contributed by atoms with E-state index < -0.39 is 0 Å². The number of hydrogen-bond acceptors (Lipinski definition) is 2. The second-order valence-corrected chi connectivity index (χ2v) is 4.99. The Morgan fingerprint density at radius 3 is 2.53 bits per heavy atom. The van der Waals surface area contributed by atoms with Crippen LogP contribution in [-0.2, 0) is 9.59 Å². The number of amides is 2. The molecule has 1 heterocycles. The Kier molecular flexibility index (Phi) is 5.88. The highest BCUT2D eigenvalue weighted by molar-refractivity contribution is 5.97. The van der Waals surface area contributed by atoms with Crippen LogP contribution in [-0.4, -0.2) is 34.8 Å². The molecule has 0 saturated carbocycles. The number of nitrogens with zero attached hydrogens (tertiary/aromatic N) is 1. The summed E-state index contributed by atoms with van der Waals surface area (Å²) in [6.45, 7) is 5.94. The summed E-state index contributed by atoms with van der Waals surface area (Å²) in [7, 11) is 0. The molecule has 19 heavy (non-hydrogen) atoms. The Morgan fingerprint density at radius 1 is 1.37 bits per heavy atom. The second-order valence-electron chi connectivity index (χ2n) is 4.99. The first-order valence-corrected chi connectivity index (χ1v) is 7.16. The molecule has 1 fully saturated rings. The lowest BCUT2D eigenvalue weighted by Gasteiger charge is -2.42. The maximum atomic E-state index is 12.5. The normalized spacial score (nSPS) is 24.8. The van der Waals surface area contributed by atoms with E-state index in [0.717, 1.165) is 12.8 Å². The molecule has 0 aromatic heterocycles. The van der Waals surface area contributed by atoms with E-state index in [0.29, 0.717) is 19.3 Å². The Balaban J connectivity index is 3.01. The minimum atomic E-state index is -0.382. The fourth-order valence-electron chi connectivity index (χ4n) is 2.67. The zero-order chi connectivity index (χ0) is 14.4. The van der Waals surface area contributed by atoms with E-state index >= 15 is 0 Å². The van der Waals surface area contributed by atoms with Gasteiger partial charge in [0, 0.05) is 12.5 Å². The van der Waals surface area contributed by atoms with Gasteiger partial charge in [0.2, 0.25) is 11.8 Å². The molecular formula is C15H24N2O2. The lowest BCUT2D eigenvalue weighted by Crippen LogP contribution is -2.65. The van der Waals surface area contributed by atoms with Crippen molar-refractivity contribution in [3.8, 4) is 12.3 Å². The molecule has 0 spiro atoms. The van der Waals surface area contributed by atoms with E-state index in [-0.39, 0.29) is 29.9 Å². The van der Waals surface area contributed by atoms with Gasteiger partial charge in [0.05, 0.1) is 0 Å². The summed E-state index contributed by atoms with van der Waals surface area (Å²) in [5.41, 5.74) is 0. The van der Waals surface area contributed by atoms with Crippen LogP contribution in [0, 0.1) is 12.3 Å². The van der Waals surface area contributed by atoms with Crippen molar-refractivity contribution < 1.29 is 9.59 Å². The van der Waals surface area contributed by atoms with Crippen molar-refractivity contribution in [1.29, 1.82) is 0 Å². The molecule has 1 saturated heterocycles. The zero-order valence-electron chi connectivity index (χ0n) is 12.1. The maximum absolute atomic E-state index is 12.5. The predicted octanol–water partition coefficient (Wildman–Crippen LogP) is 1.69. The van der Waals surface area contributed by atoms with Crippen molar-refractivity contribution in [1.82, 2.24) is 10.2 Å². The Bertz CT molecular complexity index is 373. The van der Waals surface area contributed by atoms with Crippen LogP contribution in [0.25, 0.3) is 0 Å². The highest BCUT2D eigenvalue weighted by Crippen LogP contribution is 2.22. The molecule has 3 unspecified atom stereocenters. The smallest absolute Gasteiger partial charge is 0.246 e. The lowest BCUT2D eigenvalue weighted by molar-refractivity contribution is -0.152. The Morgan fingerprint density at radius 2 is 2.05 bits per heavy atom. The summed E-state index contributed by atoms with van der Waals surface area (Å²) in [4.78, 5) is 26.4. The standard InChI is InChI=1S/C15H24N2O2/c1-5-9-11(7-3)17-13(8-4)14(18)16-12(10-6-2)15(17)19/h1,11-13H,6-10H2,2-4H3,(H,16,18). The summed E-state index contributed by atoms with van der Waals surface area (Å²) in [5.74, 6) is 2.60. The molecule has 106 valence electrons. The van der Waals surface area contributed by atoms with Gasteiger partial charge in [0.25, 0.3) is 0 Å². The number of carbonyl (C=O) groups excluding carboxylic acids is 2. The van der Waals surface area contributed by atoms with Gasteiger partial charge < -0.3 is 10.2 Å². The summed E-state index contributed by atoms with van der Waals surface area (Å²) in [5, 5.41) is 2.84. The first-order valence-electron chi connectivity index (χ1n) is 7.16. The van der Waals surface area contributed by atoms with Gasteiger partial charge in [-0.1, -0.05) is 27.2 Å². The second kappa shape index (κ2) is 7.18. The summed E-state index contributed by atoms with van der Waals surface area (Å²) in [6, 6.07) is -0.793. The van der Waals surface area contributed by atoms with E-state index in [2.05, 4.69) is 11.2 Å². The minimum Gasteiger partial charge on any atom is -0.343 e. The van der Waals surface area contributed by atoms with Crippen LogP contribution in [0.15, 0.2) is 0 Å². The van der Waals surface area contributed by atoms with Crippen molar-refractivity contribution in [2.24, 2.45) is 0 Å². The van der Waals surface area contributed by atoms with Gasteiger partial charge in [0.15, 0.2) is 0 Å². The average Bonchev–Trinajstić information content (AvgIpc) is 2.40. The summed E-state index contributed by atoms with van der Waals surface area (Å²) < 4.78 is 0. The first kappa shape index (κ1) is 15.6. The molecule has 1 rings (SSSR count). The molecule has 0 aromatic carbocycles. The summed E-state index contributed by atoms with van der Waals surface area (Å²) >= 11 is 0. The molecule has 3 atom stereocenters. The lowest BCUT2D eigenvalue weighted by atomic mass is 9.97. The molecule has 1 N–H and O–H groups in total. The van der Waals surface area contributed by atoms with Gasteiger partial charge in [-0.15, -0.1) is 12.3 Å². The molecule has 1 aliphatic rings. The zero-order valence-corrected chi connectivity index (χ0v) is 12.1. The van der Waals surface area contributed by atoms with Gasteiger partial charge in [-0.3, -0.25) is 9.59 Å². The van der Waals surface area contributed by atoms with Crippen LogP contribution in [0.4, 0.5) is 0 Å². The fourth-order valence-corrected chi connectivity index (χ4v) is 2.67. The van der Waals surface area contributed by atoms with Crippen molar-refractivity contribution >= 4 is 11.8 Å². The number of rotatable bonds is 6. The molecule has 1 aliphatic heterocycles. The predicted molar refractivity (Wildman–Crippen MR) is 75.3 cm³/mol. The van der Waals surface area contributed by atoms with Crippen LogP contribution < -0.4 is 5.32 Å². The van der Waals surface area contributed by atoms with E-state index in [1.807, 2.05) is 20.8 Å². The average molecular weight is 264 g/mol. The Hall–Kier alpha value is -1.50. The number of terminal acetylenes is 1. The van der Waals surface area contributed by atoms with Crippen molar-refractivity contribution in [2.45, 2.75) is 71.0 Å². The molecule has 0 aliphatic carbocycles. The molecule has 0 aromatic rings. The summed E-state index contributed by atoms with van der Waals surface area (Å²) in [6.07, 6.45) is 8.84. The van der Waals surface area contributed by atoms with Gasteiger partial charge in [0.1, 0.15) is 12.1 Å². The number of nitrogens with one attached hydrogen (secondary N) is 1. The Labute approximate surface area is 115 Å². The third-order valence-corrected chi connectivity index (χ3v) is 3.69. The van der Waals surface area contributed by atoms with Crippen molar-refractivity contribution in [2.75, 3.05) is 0 Å². The molecule has 4 heteroatoms. The number of piperazine rings is 1. The molecule has 4 nitrogen and oxygen atoms in total. The molecular weight excluding hydrogens is 240 g/mol. The van der Waals surface area contributed by atoms with Gasteiger partial charge in [-0.05, 0) is 19.3 Å². The van der Waals surface area contributed by atoms with Gasteiger partial charge in [-0.2, -0.15) is 0 Å². The monoisotopic (exact) mass is 264 g/mol. The third kappa shape index (κ3) is 3.28. The topological polar surface area (TPSA) is 49.4 Å². The number of carbonyl (C=O) groups is 2. The van der Waals surface area contributed by atoms with Crippen LogP contribution in [0.5, 0.6) is 0 Å². The van der Waals surface area contributed by atoms with Crippen LogP contribution in [0.1, 0.15) is 52.9 Å². The van der Waals surface area contributed by atoms with E-state index in [4.69, 9.17) is 6.42 Å². The fraction of sp³-hybridized carbons (Fsp3) is 0.733. The minimum absolute atomic E-state index is 0.0235. The van der Waals surface area contributed by atoms with Gasteiger partial charge >= 0.3 is 0 Å². The third-order valence-electron chi connectivity index (χ3n) is 3.69. The van der Waals surface area contributed by atoms with E-state index in [1.165, 1.54) is 0 Å². The highest BCUT2D eigenvalue weighted by atomic mass is 16.2. The molecule has 0 bridgehead atoms. The van der Waals surface area contributed by atoms with E-state index in [1.54, 1.807) is 4.90 Å². The quantitative estimate of drug-likeness (QED) is 0.742. The van der Waals surface area contributed by atoms with Crippen LogP contribution >= 0.6 is 0 Å². The molecule has 2 amide bonds. The number of hydrogen-bond donors (Lipinski definition) is 1. The van der Waals surface area contributed by atoms with Gasteiger partial charge in [-0.25, -0.2) is 0 Å². The largest absolute Gasteiger partial charge is 0.343 e. The van der Waals surface area contributed by atoms with Crippen molar-refractivity contribution in [3.63, 3.8) is 0 Å². The first-order chi connectivity index (χ1) is 9.10. The van der Waals surface area contributed by atoms with Crippen LogP contribution in [0.2, 0.25) is 0 Å².